The Kier molecular flexibility index (Phi) is 9.52. The van der Waals surface area contributed by atoms with Gasteiger partial charge in [0.05, 0.1) is 17.7 Å². The molecule has 5 nitrogen and oxygen atoms in total. The lowest BCUT2D eigenvalue weighted by atomic mass is 9.98. The summed E-state index contributed by atoms with van der Waals surface area (Å²) in [4.78, 5) is 24.9. The van der Waals surface area contributed by atoms with Gasteiger partial charge in [-0.3, -0.25) is 4.79 Å². The number of benzene rings is 4. The maximum absolute atomic E-state index is 14.1. The fourth-order valence-electron chi connectivity index (χ4n) is 4.39. The summed E-state index contributed by atoms with van der Waals surface area (Å²) in [6, 6.07) is 21.1. The predicted molar refractivity (Wildman–Crippen MR) is 152 cm³/mol. The molecule has 10 heteroatoms. The highest BCUT2D eigenvalue weighted by Crippen LogP contribution is 2.39. The molecule has 0 heterocycles. The Morgan fingerprint density at radius 2 is 1.69 bits per heavy atom. The normalized spacial score (nSPS) is 12.0. The second kappa shape index (κ2) is 13.1. The average molecular weight is 600 g/mol. The van der Waals surface area contributed by atoms with E-state index in [1.165, 1.54) is 24.3 Å². The van der Waals surface area contributed by atoms with Crippen molar-refractivity contribution in [2.24, 2.45) is 0 Å². The monoisotopic (exact) mass is 599 g/mol. The number of ether oxygens (including phenoxy) is 1. The zero-order valence-corrected chi connectivity index (χ0v) is 23.1. The summed E-state index contributed by atoms with van der Waals surface area (Å²) in [7, 11) is 0. The maximum atomic E-state index is 14.1. The third-order valence-corrected chi connectivity index (χ3v) is 6.82. The van der Waals surface area contributed by atoms with Crippen LogP contribution >= 0.6 is 11.6 Å². The second-order valence-electron chi connectivity index (χ2n) is 9.70. The molecule has 0 saturated heterocycles. The Morgan fingerprint density at radius 1 is 0.976 bits per heavy atom. The van der Waals surface area contributed by atoms with Crippen LogP contribution in [0.25, 0.3) is 11.1 Å². The number of carboxylic acids is 1. The van der Waals surface area contributed by atoms with Gasteiger partial charge in [0.25, 0.3) is 0 Å². The van der Waals surface area contributed by atoms with E-state index in [4.69, 9.17) is 16.3 Å². The molecule has 4 rings (SSSR count). The fourth-order valence-corrected chi connectivity index (χ4v) is 4.65. The number of nitrogens with one attached hydrogen (secondary N) is 1. The first kappa shape index (κ1) is 30.6. The Balaban J connectivity index is 1.75. The van der Waals surface area contributed by atoms with Gasteiger partial charge in [-0.25, -0.2) is 9.18 Å². The first-order valence-electron chi connectivity index (χ1n) is 12.9. The molecule has 4 aromatic rings. The molecule has 0 saturated carbocycles. The number of alkyl halides is 3. The van der Waals surface area contributed by atoms with Crippen LogP contribution in [0, 0.1) is 12.7 Å². The first-order valence-corrected chi connectivity index (χ1v) is 13.3. The van der Waals surface area contributed by atoms with E-state index in [1.54, 1.807) is 30.3 Å². The number of halogens is 5. The van der Waals surface area contributed by atoms with Crippen molar-refractivity contribution >= 4 is 29.2 Å². The van der Waals surface area contributed by atoms with Crippen LogP contribution in [0.4, 0.5) is 23.2 Å². The van der Waals surface area contributed by atoms with Crippen LogP contribution in [0.5, 0.6) is 5.75 Å². The molecule has 1 unspecified atom stereocenters. The molecule has 42 heavy (non-hydrogen) atoms. The molecule has 218 valence electrons. The van der Waals surface area contributed by atoms with Crippen LogP contribution in [0.1, 0.15) is 46.0 Å². The molecule has 1 amide bonds. The van der Waals surface area contributed by atoms with E-state index in [2.05, 4.69) is 5.32 Å². The van der Waals surface area contributed by atoms with E-state index < -0.39 is 42.8 Å². The molecule has 0 radical (unpaired) electrons. The molecule has 0 aliphatic carbocycles. The zero-order chi connectivity index (χ0) is 30.4. The molecule has 1 atom stereocenters. The van der Waals surface area contributed by atoms with Gasteiger partial charge in [0, 0.05) is 17.0 Å². The zero-order valence-electron chi connectivity index (χ0n) is 22.3. The highest BCUT2D eigenvalue weighted by Gasteiger charge is 2.30. The Labute approximate surface area is 244 Å². The van der Waals surface area contributed by atoms with Gasteiger partial charge >= 0.3 is 12.1 Å². The van der Waals surface area contributed by atoms with Crippen LogP contribution in [-0.2, 0) is 11.2 Å². The quantitative estimate of drug-likeness (QED) is 0.179. The van der Waals surface area contributed by atoms with Crippen molar-refractivity contribution in [1.82, 2.24) is 0 Å². The van der Waals surface area contributed by atoms with Crippen molar-refractivity contribution < 1.29 is 37.0 Å². The second-order valence-corrected chi connectivity index (χ2v) is 10.1. The SMILES string of the molecule is Cc1ccc(CC(=O)Nc2cc(-c3cc(F)ccc3C(=O)O)ccc2OC(CCC(F)(F)F)c2ccccc2Cl)cc1. The van der Waals surface area contributed by atoms with Gasteiger partial charge in [0.1, 0.15) is 17.7 Å². The molecule has 0 bridgehead atoms. The highest BCUT2D eigenvalue weighted by molar-refractivity contribution is 6.31. The third kappa shape index (κ3) is 8.10. The van der Waals surface area contributed by atoms with E-state index in [0.29, 0.717) is 11.1 Å². The Bertz CT molecular complexity index is 1590. The first-order chi connectivity index (χ1) is 19.9. The number of anilines is 1. The number of hydrogen-bond donors (Lipinski definition) is 2. The van der Waals surface area contributed by atoms with Gasteiger partial charge < -0.3 is 15.2 Å². The molecule has 0 aromatic heterocycles. The van der Waals surface area contributed by atoms with Gasteiger partial charge in [-0.1, -0.05) is 65.7 Å². The van der Waals surface area contributed by atoms with Crippen molar-refractivity contribution in [3.63, 3.8) is 0 Å². The lowest BCUT2D eigenvalue weighted by Crippen LogP contribution is -2.18. The van der Waals surface area contributed by atoms with Crippen molar-refractivity contribution in [3.8, 4) is 16.9 Å². The minimum atomic E-state index is -4.46. The Morgan fingerprint density at radius 3 is 2.36 bits per heavy atom. The van der Waals surface area contributed by atoms with E-state index >= 15 is 0 Å². The van der Waals surface area contributed by atoms with Crippen molar-refractivity contribution in [2.45, 2.75) is 38.5 Å². The summed E-state index contributed by atoms with van der Waals surface area (Å²) in [5.41, 5.74) is 2.22. The van der Waals surface area contributed by atoms with Crippen LogP contribution in [0.15, 0.2) is 84.9 Å². The summed E-state index contributed by atoms with van der Waals surface area (Å²) >= 11 is 6.31. The summed E-state index contributed by atoms with van der Waals surface area (Å²) in [6.45, 7) is 1.91. The number of carbonyl (C=O) groups excluding carboxylic acids is 1. The molecule has 0 aliphatic heterocycles. The number of aryl methyl sites for hydroxylation is 1. The van der Waals surface area contributed by atoms with E-state index in [-0.39, 0.29) is 39.6 Å². The molecule has 0 aliphatic rings. The minimum Gasteiger partial charge on any atom is -0.483 e. The van der Waals surface area contributed by atoms with Crippen LogP contribution in [-0.4, -0.2) is 23.2 Å². The largest absolute Gasteiger partial charge is 0.483 e. The van der Waals surface area contributed by atoms with Crippen LogP contribution in [0.2, 0.25) is 5.02 Å². The molecule has 0 fully saturated rings. The topological polar surface area (TPSA) is 75.6 Å². The molecule has 4 aromatic carbocycles. The lowest BCUT2D eigenvalue weighted by Gasteiger charge is -2.23. The van der Waals surface area contributed by atoms with Gasteiger partial charge in [-0.05, 0) is 66.4 Å². The van der Waals surface area contributed by atoms with Crippen molar-refractivity contribution in [1.29, 1.82) is 0 Å². The number of amides is 1. The van der Waals surface area contributed by atoms with Crippen molar-refractivity contribution in [3.05, 3.63) is 118 Å². The summed E-state index contributed by atoms with van der Waals surface area (Å²) in [5.74, 6) is -2.40. The standard InChI is InChI=1S/C32H26ClF4NO4/c1-19-6-8-20(9-7-19)16-30(39)38-27-17-21(25-18-22(34)11-12-23(25)31(40)41)10-13-29(27)42-28(14-15-32(35,36)37)24-4-2-3-5-26(24)33/h2-13,17-18,28H,14-16H2,1H3,(H,38,39)(H,40,41). The number of aromatic carboxylic acids is 1. The van der Waals surface area contributed by atoms with Gasteiger partial charge in [0.15, 0.2) is 0 Å². The van der Waals surface area contributed by atoms with Crippen molar-refractivity contribution in [2.75, 3.05) is 5.32 Å². The van der Waals surface area contributed by atoms with E-state index in [0.717, 1.165) is 23.8 Å². The lowest BCUT2D eigenvalue weighted by molar-refractivity contribution is -0.139. The maximum Gasteiger partial charge on any atom is 0.389 e. The molecule has 0 spiro atoms. The minimum absolute atomic E-state index is 0.0215. The van der Waals surface area contributed by atoms with E-state index in [9.17, 15) is 32.3 Å². The average Bonchev–Trinajstić information content (AvgIpc) is 2.92. The Hall–Kier alpha value is -4.37. The predicted octanol–water partition coefficient (Wildman–Crippen LogP) is 8.80. The summed E-state index contributed by atoms with van der Waals surface area (Å²) < 4.78 is 59.8. The highest BCUT2D eigenvalue weighted by atomic mass is 35.5. The van der Waals surface area contributed by atoms with E-state index in [1.807, 2.05) is 19.1 Å². The summed E-state index contributed by atoms with van der Waals surface area (Å²) in [6.07, 6.45) is -7.22. The number of hydrogen-bond acceptors (Lipinski definition) is 3. The van der Waals surface area contributed by atoms with Crippen LogP contribution in [0.3, 0.4) is 0 Å². The molecular formula is C32H26ClF4NO4. The number of rotatable bonds is 10. The van der Waals surface area contributed by atoms with Gasteiger partial charge in [-0.2, -0.15) is 13.2 Å². The molecular weight excluding hydrogens is 574 g/mol. The smallest absolute Gasteiger partial charge is 0.389 e. The molecule has 2 N–H and O–H groups in total. The fraction of sp³-hybridized carbons (Fsp3) is 0.188. The van der Waals surface area contributed by atoms with Crippen LogP contribution < -0.4 is 10.1 Å². The third-order valence-electron chi connectivity index (χ3n) is 6.47. The van der Waals surface area contributed by atoms with Gasteiger partial charge in [0.2, 0.25) is 5.91 Å². The number of carbonyl (C=O) groups is 2. The van der Waals surface area contributed by atoms with Gasteiger partial charge in [-0.15, -0.1) is 0 Å². The summed E-state index contributed by atoms with van der Waals surface area (Å²) in [5, 5.41) is 12.6. The number of carboxylic acid groups (broad SMARTS) is 1.